The number of hydrogen-bond acceptors (Lipinski definition) is 3. The number of nitrogens with zero attached hydrogens (tertiary/aromatic N) is 2. The second-order valence-corrected chi connectivity index (χ2v) is 7.31. The van der Waals surface area contributed by atoms with Gasteiger partial charge in [-0.1, -0.05) is 28.1 Å². The molecule has 3 rings (SSSR count). The van der Waals surface area contributed by atoms with E-state index < -0.39 is 0 Å². The molecule has 1 aliphatic rings. The van der Waals surface area contributed by atoms with Crippen molar-refractivity contribution in [1.29, 1.82) is 0 Å². The summed E-state index contributed by atoms with van der Waals surface area (Å²) in [6, 6.07) is 11.7. The molecule has 2 amide bonds. The van der Waals surface area contributed by atoms with Crippen molar-refractivity contribution in [3.05, 3.63) is 52.6 Å². The molecule has 1 aliphatic heterocycles. The Morgan fingerprint density at radius 3 is 2.68 bits per heavy atom. The van der Waals surface area contributed by atoms with Crippen LogP contribution >= 0.6 is 15.9 Å². The van der Waals surface area contributed by atoms with Crippen LogP contribution in [0.15, 0.2) is 47.1 Å². The first kappa shape index (κ1) is 17.7. The number of benzene rings is 1. The zero-order valence-corrected chi connectivity index (χ0v) is 15.9. The summed E-state index contributed by atoms with van der Waals surface area (Å²) in [4.78, 5) is 19.0. The SMILES string of the molecule is CC(Cc1ccc(Br)cc1)NC(=O)Nc1cccnc1N1CCCC1. The molecule has 0 aliphatic carbocycles. The van der Waals surface area contributed by atoms with E-state index in [1.54, 1.807) is 6.20 Å². The first-order chi connectivity index (χ1) is 12.1. The molecule has 2 N–H and O–H groups in total. The van der Waals surface area contributed by atoms with Gasteiger partial charge < -0.3 is 15.5 Å². The second-order valence-electron chi connectivity index (χ2n) is 6.40. The van der Waals surface area contributed by atoms with Gasteiger partial charge in [0.2, 0.25) is 0 Å². The number of amides is 2. The van der Waals surface area contributed by atoms with Gasteiger partial charge in [-0.3, -0.25) is 0 Å². The van der Waals surface area contributed by atoms with Crippen molar-refractivity contribution >= 4 is 33.5 Å². The lowest BCUT2D eigenvalue weighted by Crippen LogP contribution is -2.37. The van der Waals surface area contributed by atoms with Crippen LogP contribution in [0.25, 0.3) is 0 Å². The number of rotatable bonds is 5. The minimum absolute atomic E-state index is 0.0353. The summed E-state index contributed by atoms with van der Waals surface area (Å²) in [5, 5.41) is 5.95. The number of anilines is 2. The number of carbonyl (C=O) groups excluding carboxylic acids is 1. The predicted octanol–water partition coefficient (Wildman–Crippen LogP) is 4.20. The highest BCUT2D eigenvalue weighted by Gasteiger charge is 2.18. The summed E-state index contributed by atoms with van der Waals surface area (Å²) < 4.78 is 1.06. The Morgan fingerprint density at radius 1 is 1.24 bits per heavy atom. The number of pyridine rings is 1. The summed E-state index contributed by atoms with van der Waals surface area (Å²) in [6.45, 7) is 3.99. The van der Waals surface area contributed by atoms with Crippen molar-refractivity contribution in [2.75, 3.05) is 23.3 Å². The highest BCUT2D eigenvalue weighted by molar-refractivity contribution is 9.10. The van der Waals surface area contributed by atoms with E-state index >= 15 is 0 Å². The molecule has 1 saturated heterocycles. The Balaban J connectivity index is 1.58. The number of halogens is 1. The van der Waals surface area contributed by atoms with E-state index in [0.29, 0.717) is 0 Å². The predicted molar refractivity (Wildman–Crippen MR) is 105 cm³/mol. The molecule has 0 spiro atoms. The fourth-order valence-electron chi connectivity index (χ4n) is 3.08. The third-order valence-electron chi connectivity index (χ3n) is 4.27. The van der Waals surface area contributed by atoms with Gasteiger partial charge in [0.15, 0.2) is 5.82 Å². The van der Waals surface area contributed by atoms with Gasteiger partial charge in [-0.15, -0.1) is 0 Å². The minimum atomic E-state index is -0.196. The molecule has 1 aromatic heterocycles. The van der Waals surface area contributed by atoms with Crippen molar-refractivity contribution in [2.45, 2.75) is 32.2 Å². The molecular formula is C19H23BrN4O. The van der Waals surface area contributed by atoms with Gasteiger partial charge >= 0.3 is 6.03 Å². The Hall–Kier alpha value is -2.08. The van der Waals surface area contributed by atoms with Crippen LogP contribution < -0.4 is 15.5 Å². The Bertz CT molecular complexity index is 714. The molecule has 2 aromatic rings. The Kier molecular flexibility index (Phi) is 5.91. The minimum Gasteiger partial charge on any atom is -0.355 e. The highest BCUT2D eigenvalue weighted by Crippen LogP contribution is 2.25. The van der Waals surface area contributed by atoms with Crippen molar-refractivity contribution in [3.8, 4) is 0 Å². The zero-order chi connectivity index (χ0) is 17.6. The number of aromatic nitrogens is 1. The molecule has 0 saturated carbocycles. The largest absolute Gasteiger partial charge is 0.355 e. The van der Waals surface area contributed by atoms with Crippen molar-refractivity contribution in [2.24, 2.45) is 0 Å². The third-order valence-corrected chi connectivity index (χ3v) is 4.80. The molecule has 0 radical (unpaired) electrons. The molecule has 1 unspecified atom stereocenters. The summed E-state index contributed by atoms with van der Waals surface area (Å²) in [6.07, 6.45) is 4.90. The molecule has 5 nitrogen and oxygen atoms in total. The first-order valence-corrected chi connectivity index (χ1v) is 9.43. The maximum absolute atomic E-state index is 12.4. The summed E-state index contributed by atoms with van der Waals surface area (Å²) >= 11 is 3.43. The second kappa shape index (κ2) is 8.34. The van der Waals surface area contributed by atoms with Crippen LogP contribution in [-0.4, -0.2) is 30.1 Å². The van der Waals surface area contributed by atoms with E-state index in [4.69, 9.17) is 0 Å². The normalized spacial score (nSPS) is 15.0. The molecule has 2 heterocycles. The maximum Gasteiger partial charge on any atom is 0.319 e. The third kappa shape index (κ3) is 4.95. The van der Waals surface area contributed by atoms with E-state index in [1.165, 1.54) is 18.4 Å². The fourth-order valence-corrected chi connectivity index (χ4v) is 3.35. The van der Waals surface area contributed by atoms with E-state index in [9.17, 15) is 4.79 Å². The molecule has 132 valence electrons. The Morgan fingerprint density at radius 2 is 1.96 bits per heavy atom. The number of nitrogens with one attached hydrogen (secondary N) is 2. The molecule has 25 heavy (non-hydrogen) atoms. The monoisotopic (exact) mass is 402 g/mol. The molecule has 0 bridgehead atoms. The van der Waals surface area contributed by atoms with Crippen LogP contribution in [-0.2, 0) is 6.42 Å². The van der Waals surface area contributed by atoms with Gasteiger partial charge in [-0.05, 0) is 56.0 Å². The van der Waals surface area contributed by atoms with Crippen LogP contribution in [0.5, 0.6) is 0 Å². The van der Waals surface area contributed by atoms with Gasteiger partial charge in [0.1, 0.15) is 0 Å². The van der Waals surface area contributed by atoms with Gasteiger partial charge in [0.25, 0.3) is 0 Å². The van der Waals surface area contributed by atoms with E-state index in [-0.39, 0.29) is 12.1 Å². The van der Waals surface area contributed by atoms with Crippen LogP contribution in [0.2, 0.25) is 0 Å². The van der Waals surface area contributed by atoms with Crippen LogP contribution in [0.3, 0.4) is 0 Å². The van der Waals surface area contributed by atoms with E-state index in [2.05, 4.69) is 48.6 Å². The van der Waals surface area contributed by atoms with Crippen LogP contribution in [0.4, 0.5) is 16.3 Å². The molecular weight excluding hydrogens is 380 g/mol. The number of urea groups is 1. The standard InChI is InChI=1S/C19H23BrN4O/c1-14(13-15-6-8-16(20)9-7-15)22-19(25)23-17-5-4-10-21-18(17)24-11-2-3-12-24/h4-10,14H,2-3,11-13H2,1H3,(H2,22,23,25). The Labute approximate surface area is 157 Å². The molecule has 1 atom stereocenters. The lowest BCUT2D eigenvalue weighted by Gasteiger charge is -2.21. The lowest BCUT2D eigenvalue weighted by atomic mass is 10.1. The van der Waals surface area contributed by atoms with Crippen molar-refractivity contribution in [3.63, 3.8) is 0 Å². The number of hydrogen-bond donors (Lipinski definition) is 2. The van der Waals surface area contributed by atoms with Gasteiger partial charge in [-0.25, -0.2) is 9.78 Å². The van der Waals surface area contributed by atoms with Crippen LogP contribution in [0, 0.1) is 0 Å². The van der Waals surface area contributed by atoms with Gasteiger partial charge in [0.05, 0.1) is 5.69 Å². The van der Waals surface area contributed by atoms with Gasteiger partial charge in [-0.2, -0.15) is 0 Å². The topological polar surface area (TPSA) is 57.3 Å². The number of carbonyl (C=O) groups is 1. The summed E-state index contributed by atoms with van der Waals surface area (Å²) in [7, 11) is 0. The van der Waals surface area contributed by atoms with Gasteiger partial charge in [0, 0.05) is 29.8 Å². The van der Waals surface area contributed by atoms with Crippen molar-refractivity contribution in [1.82, 2.24) is 10.3 Å². The van der Waals surface area contributed by atoms with E-state index in [1.807, 2.05) is 31.2 Å². The fraction of sp³-hybridized carbons (Fsp3) is 0.368. The smallest absolute Gasteiger partial charge is 0.319 e. The summed E-state index contributed by atoms with van der Waals surface area (Å²) in [5.41, 5.74) is 1.95. The summed E-state index contributed by atoms with van der Waals surface area (Å²) in [5.74, 6) is 0.857. The highest BCUT2D eigenvalue weighted by atomic mass is 79.9. The average Bonchev–Trinajstić information content (AvgIpc) is 3.11. The maximum atomic E-state index is 12.4. The quantitative estimate of drug-likeness (QED) is 0.787. The zero-order valence-electron chi connectivity index (χ0n) is 14.3. The molecule has 1 fully saturated rings. The van der Waals surface area contributed by atoms with Crippen molar-refractivity contribution < 1.29 is 4.79 Å². The average molecular weight is 403 g/mol. The van der Waals surface area contributed by atoms with E-state index in [0.717, 1.165) is 35.5 Å². The lowest BCUT2D eigenvalue weighted by molar-refractivity contribution is 0.249. The molecule has 1 aromatic carbocycles. The first-order valence-electron chi connectivity index (χ1n) is 8.64. The van der Waals surface area contributed by atoms with Crippen LogP contribution in [0.1, 0.15) is 25.3 Å². The molecule has 6 heteroatoms.